The monoisotopic (exact) mass is 237 g/mol. The summed E-state index contributed by atoms with van der Waals surface area (Å²) in [6, 6.07) is 0. The van der Waals surface area contributed by atoms with E-state index in [9.17, 15) is 8.42 Å². The molecule has 14 heavy (non-hydrogen) atoms. The largest absolute Gasteiger partial charge is 0.376 e. The van der Waals surface area contributed by atoms with Crippen molar-refractivity contribution in [3.63, 3.8) is 0 Å². The number of rotatable bonds is 2. The summed E-state index contributed by atoms with van der Waals surface area (Å²) in [5.41, 5.74) is 1.08. The van der Waals surface area contributed by atoms with E-state index in [0.717, 1.165) is 5.56 Å². The molecule has 5 nitrogen and oxygen atoms in total. The van der Waals surface area contributed by atoms with E-state index in [1.165, 1.54) is 0 Å². The maximum absolute atomic E-state index is 10.8. The Balaban J connectivity index is 2.31. The normalized spacial score (nSPS) is 16.6. The second-order valence-electron chi connectivity index (χ2n) is 3.02. The molecule has 0 bridgehead atoms. The van der Waals surface area contributed by atoms with Crippen LogP contribution in [0, 0.1) is 0 Å². The number of aromatic nitrogens is 1. The summed E-state index contributed by atoms with van der Waals surface area (Å²) in [6.07, 6.45) is 0.630. The van der Waals surface area contributed by atoms with Crippen LogP contribution in [0.3, 0.4) is 0 Å². The van der Waals surface area contributed by atoms with Crippen molar-refractivity contribution in [1.82, 2.24) is 5.16 Å². The van der Waals surface area contributed by atoms with Crippen molar-refractivity contribution in [3.05, 3.63) is 17.0 Å². The van der Waals surface area contributed by atoms with Crippen molar-refractivity contribution in [2.24, 2.45) is 0 Å². The first-order valence-electron chi connectivity index (χ1n) is 4.02. The molecule has 0 spiro atoms. The van der Waals surface area contributed by atoms with Gasteiger partial charge in [0.15, 0.2) is 0 Å². The third-order valence-electron chi connectivity index (χ3n) is 1.98. The summed E-state index contributed by atoms with van der Waals surface area (Å²) in [4.78, 5) is 0. The topological polar surface area (TPSA) is 69.4 Å². The Bertz CT molecular complexity index is 439. The van der Waals surface area contributed by atoms with Crippen molar-refractivity contribution in [3.8, 4) is 0 Å². The van der Waals surface area contributed by atoms with Crippen LogP contribution < -0.4 is 0 Å². The van der Waals surface area contributed by atoms with Crippen LogP contribution in [0.2, 0.25) is 0 Å². The number of hydrogen-bond donors (Lipinski definition) is 0. The van der Waals surface area contributed by atoms with E-state index in [-0.39, 0.29) is 5.75 Å². The van der Waals surface area contributed by atoms with Gasteiger partial charge in [-0.25, -0.2) is 8.42 Å². The van der Waals surface area contributed by atoms with Crippen molar-refractivity contribution in [2.45, 2.75) is 18.8 Å². The quantitative estimate of drug-likeness (QED) is 0.712. The Morgan fingerprint density at radius 1 is 1.50 bits per heavy atom. The molecule has 0 aliphatic carbocycles. The van der Waals surface area contributed by atoms with E-state index in [1.54, 1.807) is 0 Å². The fraction of sp³-hybridized carbons (Fsp3) is 0.571. The average molecular weight is 238 g/mol. The minimum Gasteiger partial charge on any atom is -0.376 e. The van der Waals surface area contributed by atoms with Gasteiger partial charge in [0.1, 0.15) is 17.2 Å². The predicted octanol–water partition coefficient (Wildman–Crippen LogP) is 0.816. The molecule has 78 valence electrons. The lowest BCUT2D eigenvalue weighted by atomic mass is 10.1. The first-order valence-corrected chi connectivity index (χ1v) is 6.50. The fourth-order valence-corrected chi connectivity index (χ4v) is 2.22. The van der Waals surface area contributed by atoms with Crippen LogP contribution in [-0.2, 0) is 32.6 Å². The Morgan fingerprint density at radius 2 is 2.29 bits per heavy atom. The lowest BCUT2D eigenvalue weighted by Gasteiger charge is -2.09. The lowest BCUT2D eigenvalue weighted by Crippen LogP contribution is -2.10. The SMILES string of the molecule is O=S(=O)(Cl)Cc1noc2c1COCC2. The second-order valence-corrected chi connectivity index (χ2v) is 5.79. The highest BCUT2D eigenvalue weighted by molar-refractivity contribution is 8.13. The number of fused-ring (bicyclic) bond motifs is 1. The summed E-state index contributed by atoms with van der Waals surface area (Å²) in [5.74, 6) is 0.392. The Labute approximate surface area is 85.4 Å². The molecular formula is C7H8ClNO4S. The molecule has 2 heterocycles. The highest BCUT2D eigenvalue weighted by Gasteiger charge is 2.22. The second kappa shape index (κ2) is 3.52. The van der Waals surface area contributed by atoms with Crippen LogP contribution in [0.25, 0.3) is 0 Å². The molecule has 0 atom stereocenters. The maximum Gasteiger partial charge on any atom is 0.238 e. The molecule has 1 aromatic heterocycles. The molecule has 0 aromatic carbocycles. The lowest BCUT2D eigenvalue weighted by molar-refractivity contribution is 0.102. The first-order chi connectivity index (χ1) is 6.56. The third kappa shape index (κ3) is 2.08. The van der Waals surface area contributed by atoms with Crippen LogP contribution in [0.4, 0.5) is 0 Å². The molecule has 0 fully saturated rings. The Kier molecular flexibility index (Phi) is 2.50. The van der Waals surface area contributed by atoms with Gasteiger partial charge in [0.25, 0.3) is 0 Å². The van der Waals surface area contributed by atoms with E-state index in [2.05, 4.69) is 5.16 Å². The standard InChI is InChI=1S/C7H8ClNO4S/c8-14(10,11)4-6-5-3-12-2-1-7(5)13-9-6/h1-4H2. The molecule has 0 amide bonds. The zero-order chi connectivity index (χ0) is 10.2. The third-order valence-corrected chi connectivity index (χ3v) is 2.93. The zero-order valence-corrected chi connectivity index (χ0v) is 8.77. The molecule has 0 N–H and O–H groups in total. The van der Waals surface area contributed by atoms with Gasteiger partial charge >= 0.3 is 0 Å². The maximum atomic E-state index is 10.8. The predicted molar refractivity (Wildman–Crippen MR) is 48.3 cm³/mol. The van der Waals surface area contributed by atoms with Crippen LogP contribution in [-0.4, -0.2) is 20.2 Å². The molecule has 1 aliphatic rings. The van der Waals surface area contributed by atoms with Gasteiger partial charge in [0.05, 0.1) is 13.2 Å². The van der Waals surface area contributed by atoms with E-state index >= 15 is 0 Å². The number of halogens is 1. The van der Waals surface area contributed by atoms with E-state index in [1.807, 2.05) is 0 Å². The highest BCUT2D eigenvalue weighted by Crippen LogP contribution is 2.22. The van der Waals surface area contributed by atoms with Crippen LogP contribution in [0.15, 0.2) is 4.52 Å². The highest BCUT2D eigenvalue weighted by atomic mass is 35.7. The molecule has 0 saturated heterocycles. The van der Waals surface area contributed by atoms with E-state index < -0.39 is 9.05 Å². The number of ether oxygens (including phenoxy) is 1. The van der Waals surface area contributed by atoms with E-state index in [0.29, 0.717) is 31.1 Å². The van der Waals surface area contributed by atoms with Gasteiger partial charge in [0.2, 0.25) is 9.05 Å². The molecule has 1 aromatic rings. The molecular weight excluding hydrogens is 230 g/mol. The van der Waals surface area contributed by atoms with Gasteiger partial charge in [-0.2, -0.15) is 0 Å². The molecule has 0 unspecified atom stereocenters. The van der Waals surface area contributed by atoms with Crippen molar-refractivity contribution >= 4 is 19.7 Å². The number of hydrogen-bond acceptors (Lipinski definition) is 5. The molecule has 0 radical (unpaired) electrons. The van der Waals surface area contributed by atoms with Crippen molar-refractivity contribution in [1.29, 1.82) is 0 Å². The average Bonchev–Trinajstić information content (AvgIpc) is 2.47. The smallest absolute Gasteiger partial charge is 0.238 e. The van der Waals surface area contributed by atoms with Gasteiger partial charge < -0.3 is 9.26 Å². The summed E-state index contributed by atoms with van der Waals surface area (Å²) in [7, 11) is 1.53. The van der Waals surface area contributed by atoms with Crippen LogP contribution >= 0.6 is 10.7 Å². The van der Waals surface area contributed by atoms with Gasteiger partial charge in [-0.1, -0.05) is 5.16 Å². The number of nitrogens with zero attached hydrogens (tertiary/aromatic N) is 1. The van der Waals surface area contributed by atoms with E-state index in [4.69, 9.17) is 19.9 Å². The van der Waals surface area contributed by atoms with Crippen molar-refractivity contribution in [2.75, 3.05) is 6.61 Å². The minimum atomic E-state index is -3.59. The first kappa shape index (κ1) is 9.95. The molecule has 7 heteroatoms. The molecule has 1 aliphatic heterocycles. The van der Waals surface area contributed by atoms with Crippen LogP contribution in [0.1, 0.15) is 17.0 Å². The summed E-state index contributed by atoms with van der Waals surface area (Å²) >= 11 is 0. The van der Waals surface area contributed by atoms with Crippen molar-refractivity contribution < 1.29 is 17.7 Å². The van der Waals surface area contributed by atoms with Gasteiger partial charge in [-0.3, -0.25) is 0 Å². The fourth-order valence-electron chi connectivity index (χ4n) is 1.36. The Hall–Kier alpha value is -0.590. The Morgan fingerprint density at radius 3 is 3.00 bits per heavy atom. The summed E-state index contributed by atoms with van der Waals surface area (Å²) in [5, 5.41) is 3.66. The molecule has 0 saturated carbocycles. The minimum absolute atomic E-state index is 0.309. The van der Waals surface area contributed by atoms with Gasteiger partial charge in [0, 0.05) is 22.7 Å². The zero-order valence-electron chi connectivity index (χ0n) is 7.19. The van der Waals surface area contributed by atoms with Gasteiger partial charge in [-0.05, 0) is 0 Å². The van der Waals surface area contributed by atoms with Crippen LogP contribution in [0.5, 0.6) is 0 Å². The molecule has 2 rings (SSSR count). The summed E-state index contributed by atoms with van der Waals surface area (Å²) in [6.45, 7) is 0.926. The van der Waals surface area contributed by atoms with Gasteiger partial charge in [-0.15, -0.1) is 0 Å². The summed E-state index contributed by atoms with van der Waals surface area (Å²) < 4.78 is 31.8.